The van der Waals surface area contributed by atoms with Crippen molar-refractivity contribution in [2.45, 2.75) is 32.6 Å². The van der Waals surface area contributed by atoms with Gasteiger partial charge in [0.2, 0.25) is 11.8 Å². The zero-order valence-electron chi connectivity index (χ0n) is 16.5. The monoisotopic (exact) mass is 377 g/mol. The highest BCUT2D eigenvalue weighted by Gasteiger charge is 2.23. The molecule has 1 aliphatic rings. The lowest BCUT2D eigenvalue weighted by Gasteiger charge is -2.35. The van der Waals surface area contributed by atoms with Crippen LogP contribution in [0.4, 0.5) is 0 Å². The molecular weight excluding hydrogens is 346 g/mol. The van der Waals surface area contributed by atoms with Crippen LogP contribution >= 0.6 is 11.8 Å². The van der Waals surface area contributed by atoms with Crippen LogP contribution in [0.15, 0.2) is 23.1 Å². The molecule has 2 rings (SSSR count). The molecule has 1 saturated heterocycles. The lowest BCUT2D eigenvalue weighted by Crippen LogP contribution is -2.52. The summed E-state index contributed by atoms with van der Waals surface area (Å²) in [4.78, 5) is 31.8. The zero-order chi connectivity index (χ0) is 19.1. The van der Waals surface area contributed by atoms with E-state index in [1.165, 1.54) is 16.0 Å². The number of carbonyl (C=O) groups is 2. The maximum Gasteiger partial charge on any atom is 0.236 e. The van der Waals surface area contributed by atoms with Crippen molar-refractivity contribution in [1.29, 1.82) is 0 Å². The van der Waals surface area contributed by atoms with Crippen molar-refractivity contribution in [2.24, 2.45) is 0 Å². The maximum atomic E-state index is 12.5. The second-order valence-corrected chi connectivity index (χ2v) is 7.80. The molecule has 0 radical (unpaired) electrons. The highest BCUT2D eigenvalue weighted by Crippen LogP contribution is 2.24. The molecule has 1 aromatic carbocycles. The van der Waals surface area contributed by atoms with E-state index in [9.17, 15) is 9.59 Å². The molecule has 6 heteroatoms. The van der Waals surface area contributed by atoms with Crippen LogP contribution in [0, 0.1) is 13.8 Å². The summed E-state index contributed by atoms with van der Waals surface area (Å²) < 4.78 is 0. The average Bonchev–Trinajstić information content (AvgIpc) is 2.64. The highest BCUT2D eigenvalue weighted by molar-refractivity contribution is 8.00. The number of nitrogens with zero attached hydrogens (tertiary/aromatic N) is 3. The highest BCUT2D eigenvalue weighted by atomic mass is 32.2. The molecule has 26 heavy (non-hydrogen) atoms. The third-order valence-corrected chi connectivity index (χ3v) is 6.04. The van der Waals surface area contributed by atoms with Crippen molar-refractivity contribution in [3.63, 3.8) is 0 Å². The van der Waals surface area contributed by atoms with E-state index in [2.05, 4.69) is 36.9 Å². The molecular formula is C20H31N3O2S. The molecule has 1 aromatic rings. The molecule has 5 nitrogen and oxygen atoms in total. The Balaban J connectivity index is 1.77. The Morgan fingerprint density at radius 2 is 1.73 bits per heavy atom. The third kappa shape index (κ3) is 5.74. The molecule has 1 heterocycles. The van der Waals surface area contributed by atoms with Crippen LogP contribution < -0.4 is 0 Å². The fraction of sp³-hybridized carbons (Fsp3) is 0.600. The summed E-state index contributed by atoms with van der Waals surface area (Å²) >= 11 is 1.62. The Hall–Kier alpha value is -1.53. The first-order valence-electron chi connectivity index (χ1n) is 9.42. The predicted molar refractivity (Wildman–Crippen MR) is 108 cm³/mol. The van der Waals surface area contributed by atoms with Crippen molar-refractivity contribution in [2.75, 3.05) is 51.6 Å². The summed E-state index contributed by atoms with van der Waals surface area (Å²) in [6, 6.07) is 6.35. The Morgan fingerprint density at radius 1 is 1.08 bits per heavy atom. The summed E-state index contributed by atoms with van der Waals surface area (Å²) in [6.07, 6.45) is 0. The van der Waals surface area contributed by atoms with E-state index < -0.39 is 0 Å². The summed E-state index contributed by atoms with van der Waals surface area (Å²) in [5.41, 5.74) is 2.44. The van der Waals surface area contributed by atoms with Crippen LogP contribution in [0.5, 0.6) is 0 Å². The van der Waals surface area contributed by atoms with E-state index in [0.29, 0.717) is 25.4 Å². The van der Waals surface area contributed by atoms with Gasteiger partial charge in [0.1, 0.15) is 0 Å². The van der Waals surface area contributed by atoms with Crippen molar-refractivity contribution >= 4 is 23.6 Å². The number of likely N-dealkylation sites (N-methyl/N-ethyl adjacent to an activating group) is 1. The van der Waals surface area contributed by atoms with Gasteiger partial charge in [0.05, 0.1) is 12.3 Å². The largest absolute Gasteiger partial charge is 0.342 e. The van der Waals surface area contributed by atoms with E-state index in [-0.39, 0.29) is 11.8 Å². The van der Waals surface area contributed by atoms with E-state index in [1.54, 1.807) is 11.8 Å². The summed E-state index contributed by atoms with van der Waals surface area (Å²) in [5, 5.41) is 0. The molecule has 0 saturated carbocycles. The standard InChI is InChI=1S/C20H31N3O2S/c1-5-22(6-2)19(24)14-21-9-11-23(12-10-21)20(25)15-26-18-13-16(3)7-8-17(18)4/h7-8,13H,5-6,9-12,14-15H2,1-4H3. The summed E-state index contributed by atoms with van der Waals surface area (Å²) in [5.74, 6) is 0.841. The normalized spacial score (nSPS) is 15.2. The molecule has 0 aliphatic carbocycles. The quantitative estimate of drug-likeness (QED) is 0.685. The molecule has 0 aromatic heterocycles. The number of aryl methyl sites for hydroxylation is 2. The van der Waals surface area contributed by atoms with Crippen LogP contribution in [0.2, 0.25) is 0 Å². The second kappa shape index (κ2) is 9.97. The zero-order valence-corrected chi connectivity index (χ0v) is 17.3. The van der Waals surface area contributed by atoms with Crippen molar-refractivity contribution in [3.05, 3.63) is 29.3 Å². The van der Waals surface area contributed by atoms with Gasteiger partial charge >= 0.3 is 0 Å². The molecule has 1 aliphatic heterocycles. The van der Waals surface area contributed by atoms with Gasteiger partial charge in [-0.1, -0.05) is 17.7 Å². The van der Waals surface area contributed by atoms with Crippen molar-refractivity contribution in [3.8, 4) is 0 Å². The maximum absolute atomic E-state index is 12.5. The summed E-state index contributed by atoms with van der Waals surface area (Å²) in [6.45, 7) is 13.1. The molecule has 0 bridgehead atoms. The third-order valence-electron chi connectivity index (χ3n) is 4.89. The van der Waals surface area contributed by atoms with Crippen LogP contribution in [-0.2, 0) is 9.59 Å². The fourth-order valence-corrected chi connectivity index (χ4v) is 4.14. The smallest absolute Gasteiger partial charge is 0.236 e. The Morgan fingerprint density at radius 3 is 2.35 bits per heavy atom. The molecule has 0 atom stereocenters. The van der Waals surface area contributed by atoms with Gasteiger partial charge in [-0.05, 0) is 39.3 Å². The van der Waals surface area contributed by atoms with E-state index in [1.807, 2.05) is 23.6 Å². The van der Waals surface area contributed by atoms with E-state index >= 15 is 0 Å². The molecule has 0 N–H and O–H groups in total. The fourth-order valence-electron chi connectivity index (χ4n) is 3.12. The lowest BCUT2D eigenvalue weighted by molar-refractivity contribution is -0.133. The Bertz CT molecular complexity index is 623. The van der Waals surface area contributed by atoms with Crippen LogP contribution in [0.1, 0.15) is 25.0 Å². The van der Waals surface area contributed by atoms with Gasteiger partial charge in [0.15, 0.2) is 0 Å². The topological polar surface area (TPSA) is 43.9 Å². The van der Waals surface area contributed by atoms with E-state index in [0.717, 1.165) is 26.2 Å². The van der Waals surface area contributed by atoms with Gasteiger partial charge in [-0.2, -0.15) is 0 Å². The van der Waals surface area contributed by atoms with Crippen molar-refractivity contribution < 1.29 is 9.59 Å². The van der Waals surface area contributed by atoms with E-state index in [4.69, 9.17) is 0 Å². The van der Waals surface area contributed by atoms with Crippen LogP contribution in [0.3, 0.4) is 0 Å². The summed E-state index contributed by atoms with van der Waals surface area (Å²) in [7, 11) is 0. The molecule has 1 fully saturated rings. The number of carbonyl (C=O) groups excluding carboxylic acids is 2. The van der Waals surface area contributed by atoms with Gasteiger partial charge in [0.25, 0.3) is 0 Å². The first-order valence-corrected chi connectivity index (χ1v) is 10.4. The second-order valence-electron chi connectivity index (χ2n) is 6.78. The molecule has 0 spiro atoms. The Labute approximate surface area is 161 Å². The molecule has 2 amide bonds. The van der Waals surface area contributed by atoms with Crippen LogP contribution in [-0.4, -0.2) is 78.1 Å². The number of piperazine rings is 1. The minimum Gasteiger partial charge on any atom is -0.342 e. The molecule has 0 unspecified atom stereocenters. The van der Waals surface area contributed by atoms with Gasteiger partial charge in [-0.3, -0.25) is 14.5 Å². The predicted octanol–water partition coefficient (Wildman–Crippen LogP) is 2.41. The van der Waals surface area contributed by atoms with Gasteiger partial charge in [0, 0.05) is 44.2 Å². The lowest BCUT2D eigenvalue weighted by atomic mass is 10.2. The minimum absolute atomic E-state index is 0.181. The van der Waals surface area contributed by atoms with Gasteiger partial charge in [-0.25, -0.2) is 0 Å². The van der Waals surface area contributed by atoms with Gasteiger partial charge < -0.3 is 9.80 Å². The number of rotatable bonds is 7. The minimum atomic E-state index is 0.181. The average molecular weight is 378 g/mol. The number of hydrogen-bond donors (Lipinski definition) is 0. The first-order chi connectivity index (χ1) is 12.4. The first kappa shape index (κ1) is 20.8. The molecule has 144 valence electrons. The van der Waals surface area contributed by atoms with Crippen LogP contribution in [0.25, 0.3) is 0 Å². The number of amides is 2. The number of benzene rings is 1. The number of hydrogen-bond acceptors (Lipinski definition) is 4. The van der Waals surface area contributed by atoms with Gasteiger partial charge in [-0.15, -0.1) is 11.8 Å². The Kier molecular flexibility index (Phi) is 7.97. The SMILES string of the molecule is CCN(CC)C(=O)CN1CCN(C(=O)CSc2cc(C)ccc2C)CC1. The van der Waals surface area contributed by atoms with Crippen molar-refractivity contribution in [1.82, 2.24) is 14.7 Å². The number of thioether (sulfide) groups is 1.